The van der Waals surface area contributed by atoms with Crippen LogP contribution >= 0.6 is 0 Å². The van der Waals surface area contributed by atoms with Crippen LogP contribution in [0.3, 0.4) is 0 Å². The molecule has 1 nitrogen and oxygen atoms in total. The summed E-state index contributed by atoms with van der Waals surface area (Å²) in [6, 6.07) is 0. The second-order valence-electron chi connectivity index (χ2n) is 2.39. The zero-order valence-electron chi connectivity index (χ0n) is 6.64. The number of hydrogen-bond acceptors (Lipinski definition) is 1. The van der Waals surface area contributed by atoms with Crippen molar-refractivity contribution >= 4 is 0 Å². The van der Waals surface area contributed by atoms with Crippen molar-refractivity contribution in [3.63, 3.8) is 0 Å². The Bertz CT molecular complexity index is 114. The molecule has 0 rings (SSSR count). The number of rotatable bonds is 5. The molecule has 0 aromatic rings. The monoisotopic (exact) mass is 140 g/mol. The average molecular weight is 140 g/mol. The van der Waals surface area contributed by atoms with Crippen molar-refractivity contribution in [1.29, 1.82) is 0 Å². The van der Waals surface area contributed by atoms with E-state index >= 15 is 0 Å². The van der Waals surface area contributed by atoms with E-state index in [-0.39, 0.29) is 6.61 Å². The van der Waals surface area contributed by atoms with Crippen LogP contribution in [0.2, 0.25) is 0 Å². The quantitative estimate of drug-likeness (QED) is 0.581. The minimum atomic E-state index is 0.255. The molecule has 0 radical (unpaired) electrons. The molecule has 0 aliphatic carbocycles. The van der Waals surface area contributed by atoms with Gasteiger partial charge in [-0.2, -0.15) is 0 Å². The number of aliphatic hydroxyl groups excluding tert-OH is 1. The maximum absolute atomic E-state index is 8.48. The Hall–Kier alpha value is -0.560. The fourth-order valence-electron chi connectivity index (χ4n) is 0.743. The second kappa shape index (κ2) is 6.56. The Morgan fingerprint density at radius 3 is 2.70 bits per heavy atom. The van der Waals surface area contributed by atoms with Crippen molar-refractivity contribution in [3.8, 4) is 0 Å². The van der Waals surface area contributed by atoms with E-state index in [1.165, 1.54) is 5.57 Å². The SMILES string of the molecule is C=CCC/C(C)=C\CCO. The summed E-state index contributed by atoms with van der Waals surface area (Å²) >= 11 is 0. The van der Waals surface area contributed by atoms with E-state index < -0.39 is 0 Å². The Morgan fingerprint density at radius 2 is 2.20 bits per heavy atom. The highest BCUT2D eigenvalue weighted by Gasteiger charge is 1.85. The van der Waals surface area contributed by atoms with Gasteiger partial charge in [0.25, 0.3) is 0 Å². The summed E-state index contributed by atoms with van der Waals surface area (Å²) in [6.07, 6.45) is 6.88. The van der Waals surface area contributed by atoms with Gasteiger partial charge in [0.1, 0.15) is 0 Å². The Balaban J connectivity index is 3.38. The van der Waals surface area contributed by atoms with E-state index in [9.17, 15) is 0 Å². The Kier molecular flexibility index (Phi) is 6.19. The van der Waals surface area contributed by atoms with Crippen LogP contribution in [-0.4, -0.2) is 11.7 Å². The zero-order chi connectivity index (χ0) is 7.82. The topological polar surface area (TPSA) is 20.2 Å². The molecule has 10 heavy (non-hydrogen) atoms. The summed E-state index contributed by atoms with van der Waals surface area (Å²) in [7, 11) is 0. The standard InChI is InChI=1S/C9H16O/c1-3-4-6-9(2)7-5-8-10/h3,7,10H,1,4-6,8H2,2H3/b9-7-. The number of allylic oxidation sites excluding steroid dienone is 2. The summed E-state index contributed by atoms with van der Waals surface area (Å²) in [5, 5.41) is 8.48. The molecule has 0 unspecified atom stereocenters. The Morgan fingerprint density at radius 1 is 1.50 bits per heavy atom. The molecule has 1 N–H and O–H groups in total. The Labute approximate surface area is 63.1 Å². The third-order valence-electron chi connectivity index (χ3n) is 1.36. The second-order valence-corrected chi connectivity index (χ2v) is 2.39. The first-order chi connectivity index (χ1) is 4.81. The van der Waals surface area contributed by atoms with E-state index in [4.69, 9.17) is 5.11 Å². The third-order valence-corrected chi connectivity index (χ3v) is 1.36. The molecule has 0 amide bonds. The molecule has 1 heteroatoms. The molecule has 0 saturated carbocycles. The van der Waals surface area contributed by atoms with Crippen molar-refractivity contribution in [3.05, 3.63) is 24.3 Å². The molecule has 0 spiro atoms. The predicted molar refractivity (Wildman–Crippen MR) is 44.9 cm³/mol. The van der Waals surface area contributed by atoms with E-state index in [0.717, 1.165) is 19.3 Å². The van der Waals surface area contributed by atoms with Crippen molar-refractivity contribution in [2.24, 2.45) is 0 Å². The summed E-state index contributed by atoms with van der Waals surface area (Å²) in [5.41, 5.74) is 1.34. The molecule has 0 fully saturated rings. The van der Waals surface area contributed by atoms with Crippen LogP contribution in [0.5, 0.6) is 0 Å². The minimum absolute atomic E-state index is 0.255. The van der Waals surface area contributed by atoms with Gasteiger partial charge in [-0.25, -0.2) is 0 Å². The molecular weight excluding hydrogens is 124 g/mol. The van der Waals surface area contributed by atoms with E-state index in [0.29, 0.717) is 0 Å². The van der Waals surface area contributed by atoms with Crippen molar-refractivity contribution < 1.29 is 5.11 Å². The van der Waals surface area contributed by atoms with Crippen LogP contribution < -0.4 is 0 Å². The highest BCUT2D eigenvalue weighted by Crippen LogP contribution is 2.04. The lowest BCUT2D eigenvalue weighted by atomic mass is 10.1. The van der Waals surface area contributed by atoms with Gasteiger partial charge >= 0.3 is 0 Å². The van der Waals surface area contributed by atoms with Gasteiger partial charge < -0.3 is 5.11 Å². The summed E-state index contributed by atoms with van der Waals surface area (Å²) in [4.78, 5) is 0. The van der Waals surface area contributed by atoms with Crippen molar-refractivity contribution in [1.82, 2.24) is 0 Å². The van der Waals surface area contributed by atoms with E-state index in [1.54, 1.807) is 0 Å². The molecule has 0 aliphatic heterocycles. The first-order valence-electron chi connectivity index (χ1n) is 3.68. The van der Waals surface area contributed by atoms with Gasteiger partial charge in [0.2, 0.25) is 0 Å². The van der Waals surface area contributed by atoms with Gasteiger partial charge in [-0.3, -0.25) is 0 Å². The predicted octanol–water partition coefficient (Wildman–Crippen LogP) is 2.28. The van der Waals surface area contributed by atoms with Gasteiger partial charge in [0.15, 0.2) is 0 Å². The van der Waals surface area contributed by atoms with Crippen molar-refractivity contribution in [2.45, 2.75) is 26.2 Å². The molecule has 0 heterocycles. The molecule has 0 aromatic heterocycles. The largest absolute Gasteiger partial charge is 0.396 e. The average Bonchev–Trinajstić information content (AvgIpc) is 1.97. The van der Waals surface area contributed by atoms with Gasteiger partial charge in [-0.05, 0) is 26.2 Å². The highest BCUT2D eigenvalue weighted by atomic mass is 16.2. The molecule has 0 saturated heterocycles. The molecule has 0 aromatic carbocycles. The highest BCUT2D eigenvalue weighted by molar-refractivity contribution is 4.98. The lowest BCUT2D eigenvalue weighted by Gasteiger charge is -1.95. The van der Waals surface area contributed by atoms with Crippen LogP contribution in [-0.2, 0) is 0 Å². The van der Waals surface area contributed by atoms with Crippen LogP contribution in [0.4, 0.5) is 0 Å². The van der Waals surface area contributed by atoms with Gasteiger partial charge in [-0.1, -0.05) is 17.7 Å². The number of hydrogen-bond donors (Lipinski definition) is 1. The van der Waals surface area contributed by atoms with Crippen LogP contribution in [0.1, 0.15) is 26.2 Å². The number of aliphatic hydroxyl groups is 1. The normalized spacial score (nSPS) is 11.6. The van der Waals surface area contributed by atoms with Crippen LogP contribution in [0, 0.1) is 0 Å². The van der Waals surface area contributed by atoms with E-state index in [2.05, 4.69) is 19.6 Å². The van der Waals surface area contributed by atoms with Crippen LogP contribution in [0.15, 0.2) is 24.3 Å². The molecule has 0 aliphatic rings. The molecule has 58 valence electrons. The maximum atomic E-state index is 8.48. The van der Waals surface area contributed by atoms with Gasteiger partial charge in [-0.15, -0.1) is 6.58 Å². The van der Waals surface area contributed by atoms with Crippen LogP contribution in [0.25, 0.3) is 0 Å². The third kappa shape index (κ3) is 5.57. The fraction of sp³-hybridized carbons (Fsp3) is 0.556. The zero-order valence-corrected chi connectivity index (χ0v) is 6.64. The summed E-state index contributed by atoms with van der Waals surface area (Å²) in [5.74, 6) is 0. The van der Waals surface area contributed by atoms with Gasteiger partial charge in [0.05, 0.1) is 0 Å². The molecule has 0 atom stereocenters. The van der Waals surface area contributed by atoms with Gasteiger partial charge in [0, 0.05) is 6.61 Å². The maximum Gasteiger partial charge on any atom is 0.0465 e. The molecule has 0 bridgehead atoms. The summed E-state index contributed by atoms with van der Waals surface area (Å²) < 4.78 is 0. The lowest BCUT2D eigenvalue weighted by Crippen LogP contribution is -1.80. The van der Waals surface area contributed by atoms with Crippen molar-refractivity contribution in [2.75, 3.05) is 6.61 Å². The van der Waals surface area contributed by atoms with E-state index in [1.807, 2.05) is 6.08 Å². The first-order valence-corrected chi connectivity index (χ1v) is 3.68. The smallest absolute Gasteiger partial charge is 0.0465 e. The lowest BCUT2D eigenvalue weighted by molar-refractivity contribution is 0.302. The minimum Gasteiger partial charge on any atom is -0.396 e. The fourth-order valence-corrected chi connectivity index (χ4v) is 0.743. The molecular formula is C9H16O. The summed E-state index contributed by atoms with van der Waals surface area (Å²) in [6.45, 7) is 5.97. The first kappa shape index (κ1) is 9.44.